The zero-order valence-corrected chi connectivity index (χ0v) is 12.0. The smallest absolute Gasteiger partial charge is 0.193 e. The summed E-state index contributed by atoms with van der Waals surface area (Å²) in [5.74, 6) is 0.445. The predicted octanol–water partition coefficient (Wildman–Crippen LogP) is 3.39. The van der Waals surface area contributed by atoms with Crippen molar-refractivity contribution in [3.63, 3.8) is 0 Å². The maximum atomic E-state index is 5.93. The van der Waals surface area contributed by atoms with Gasteiger partial charge in [-0.2, -0.15) is 0 Å². The lowest BCUT2D eigenvalue weighted by molar-refractivity contribution is 0.540. The second-order valence-corrected chi connectivity index (χ2v) is 5.44. The molecule has 2 aromatic carbocycles. The lowest BCUT2D eigenvalue weighted by Crippen LogP contribution is -2.27. The summed E-state index contributed by atoms with van der Waals surface area (Å²) >= 11 is 0. The number of para-hydroxylation sites is 1. The monoisotopic (exact) mass is 267 g/mol. The zero-order chi connectivity index (χ0) is 14.4. The van der Waals surface area contributed by atoms with Crippen LogP contribution < -0.4 is 11.1 Å². The minimum absolute atomic E-state index is 0.0375. The number of nitrogens with one attached hydrogen (secondary N) is 1. The van der Waals surface area contributed by atoms with E-state index in [0.29, 0.717) is 12.5 Å². The highest BCUT2D eigenvalue weighted by atomic mass is 15.1. The first-order valence-corrected chi connectivity index (χ1v) is 6.75. The van der Waals surface area contributed by atoms with Crippen LogP contribution in [0.1, 0.15) is 19.4 Å². The maximum Gasteiger partial charge on any atom is 0.193 e. The predicted molar refractivity (Wildman–Crippen MR) is 86.0 cm³/mol. The van der Waals surface area contributed by atoms with E-state index in [9.17, 15) is 0 Å². The molecular weight excluding hydrogens is 246 g/mol. The molecule has 0 atom stereocenters. The molecule has 0 saturated carbocycles. The highest BCUT2D eigenvalue weighted by Gasteiger charge is 2.19. The number of rotatable bonds is 4. The molecule has 0 aromatic heterocycles. The van der Waals surface area contributed by atoms with E-state index < -0.39 is 0 Å². The summed E-state index contributed by atoms with van der Waals surface area (Å²) in [6, 6.07) is 20.2. The van der Waals surface area contributed by atoms with Crippen molar-refractivity contribution < 1.29 is 0 Å². The summed E-state index contributed by atoms with van der Waals surface area (Å²) < 4.78 is 0. The molecule has 2 rings (SSSR count). The Bertz CT molecular complexity index is 559. The van der Waals surface area contributed by atoms with E-state index in [1.807, 2.05) is 48.5 Å². The van der Waals surface area contributed by atoms with Crippen LogP contribution in [0.25, 0.3) is 0 Å². The van der Waals surface area contributed by atoms with E-state index in [2.05, 4.69) is 36.3 Å². The molecule has 0 aliphatic heterocycles. The van der Waals surface area contributed by atoms with Gasteiger partial charge in [-0.3, -0.25) is 4.99 Å². The number of hydrogen-bond donors (Lipinski definition) is 2. The molecule has 3 N–H and O–H groups in total. The summed E-state index contributed by atoms with van der Waals surface area (Å²) in [5, 5.41) is 3.09. The summed E-state index contributed by atoms with van der Waals surface area (Å²) in [6.07, 6.45) is 0. The molecule has 2 aromatic rings. The Labute approximate surface area is 120 Å². The lowest BCUT2D eigenvalue weighted by Gasteiger charge is -2.23. The molecule has 0 spiro atoms. The van der Waals surface area contributed by atoms with Crippen LogP contribution in [0.4, 0.5) is 5.69 Å². The molecular formula is C17H21N3. The van der Waals surface area contributed by atoms with Gasteiger partial charge in [0, 0.05) is 11.1 Å². The number of anilines is 1. The van der Waals surface area contributed by atoms with E-state index in [1.165, 1.54) is 5.56 Å². The maximum absolute atomic E-state index is 5.93. The molecule has 0 aliphatic rings. The van der Waals surface area contributed by atoms with E-state index in [1.54, 1.807) is 0 Å². The Hall–Kier alpha value is -2.29. The van der Waals surface area contributed by atoms with Crippen LogP contribution in [0.3, 0.4) is 0 Å². The molecule has 0 radical (unpaired) electrons. The first-order valence-electron chi connectivity index (χ1n) is 6.75. The second kappa shape index (κ2) is 6.24. The highest BCUT2D eigenvalue weighted by Crippen LogP contribution is 2.22. The third kappa shape index (κ3) is 3.85. The Kier molecular flexibility index (Phi) is 4.41. The van der Waals surface area contributed by atoms with E-state index in [0.717, 1.165) is 5.69 Å². The molecule has 0 bridgehead atoms. The first-order chi connectivity index (χ1) is 9.58. The fourth-order valence-corrected chi connectivity index (χ4v) is 1.97. The van der Waals surface area contributed by atoms with Gasteiger partial charge in [-0.05, 0) is 17.7 Å². The molecule has 0 saturated heterocycles. The van der Waals surface area contributed by atoms with Crippen molar-refractivity contribution in [1.82, 2.24) is 0 Å². The molecule has 3 heteroatoms. The SMILES string of the molecule is CC(C)(CN=C(N)Nc1ccccc1)c1ccccc1. The lowest BCUT2D eigenvalue weighted by atomic mass is 9.85. The van der Waals surface area contributed by atoms with Gasteiger partial charge in [0.1, 0.15) is 0 Å². The number of nitrogens with two attached hydrogens (primary N) is 1. The minimum Gasteiger partial charge on any atom is -0.370 e. The fraction of sp³-hybridized carbons (Fsp3) is 0.235. The van der Waals surface area contributed by atoms with Crippen molar-refractivity contribution >= 4 is 11.6 Å². The van der Waals surface area contributed by atoms with E-state index in [-0.39, 0.29) is 5.41 Å². The highest BCUT2D eigenvalue weighted by molar-refractivity contribution is 5.92. The van der Waals surface area contributed by atoms with Gasteiger partial charge in [0.15, 0.2) is 5.96 Å². The van der Waals surface area contributed by atoms with Crippen LogP contribution in [-0.2, 0) is 5.41 Å². The molecule has 0 heterocycles. The molecule has 0 fully saturated rings. The topological polar surface area (TPSA) is 50.4 Å². The number of aliphatic imine (C=N–C) groups is 1. The third-order valence-corrected chi connectivity index (χ3v) is 3.25. The van der Waals surface area contributed by atoms with Crippen LogP contribution in [0.15, 0.2) is 65.7 Å². The minimum atomic E-state index is -0.0375. The van der Waals surface area contributed by atoms with Crippen LogP contribution >= 0.6 is 0 Å². The van der Waals surface area contributed by atoms with Crippen molar-refractivity contribution in [3.8, 4) is 0 Å². The summed E-state index contributed by atoms with van der Waals surface area (Å²) in [7, 11) is 0. The van der Waals surface area contributed by atoms with Gasteiger partial charge in [-0.1, -0.05) is 62.4 Å². The first kappa shape index (κ1) is 14.1. The van der Waals surface area contributed by atoms with E-state index in [4.69, 9.17) is 5.73 Å². The Balaban J connectivity index is 2.01. The summed E-state index contributed by atoms with van der Waals surface area (Å²) in [5.41, 5.74) is 8.10. The zero-order valence-electron chi connectivity index (χ0n) is 12.0. The summed E-state index contributed by atoms with van der Waals surface area (Å²) in [6.45, 7) is 4.98. The van der Waals surface area contributed by atoms with Gasteiger partial charge in [0.25, 0.3) is 0 Å². The Morgan fingerprint density at radius 1 is 1.00 bits per heavy atom. The average molecular weight is 267 g/mol. The number of guanidine groups is 1. The number of nitrogens with zero attached hydrogens (tertiary/aromatic N) is 1. The average Bonchev–Trinajstić information content (AvgIpc) is 2.47. The van der Waals surface area contributed by atoms with Gasteiger partial charge in [-0.25, -0.2) is 0 Å². The molecule has 0 amide bonds. The van der Waals surface area contributed by atoms with Crippen LogP contribution in [0.2, 0.25) is 0 Å². The van der Waals surface area contributed by atoms with Gasteiger partial charge >= 0.3 is 0 Å². The second-order valence-electron chi connectivity index (χ2n) is 5.44. The molecule has 0 unspecified atom stereocenters. The van der Waals surface area contributed by atoms with Crippen molar-refractivity contribution in [3.05, 3.63) is 66.2 Å². The molecule has 0 aliphatic carbocycles. The van der Waals surface area contributed by atoms with Crippen LogP contribution in [0.5, 0.6) is 0 Å². The molecule has 20 heavy (non-hydrogen) atoms. The fourth-order valence-electron chi connectivity index (χ4n) is 1.97. The van der Waals surface area contributed by atoms with Gasteiger partial charge in [-0.15, -0.1) is 0 Å². The van der Waals surface area contributed by atoms with Crippen LogP contribution in [-0.4, -0.2) is 12.5 Å². The van der Waals surface area contributed by atoms with E-state index >= 15 is 0 Å². The summed E-state index contributed by atoms with van der Waals surface area (Å²) in [4.78, 5) is 4.45. The molecule has 3 nitrogen and oxygen atoms in total. The van der Waals surface area contributed by atoms with Crippen molar-refractivity contribution in [2.24, 2.45) is 10.7 Å². The third-order valence-electron chi connectivity index (χ3n) is 3.25. The number of hydrogen-bond acceptors (Lipinski definition) is 1. The van der Waals surface area contributed by atoms with Gasteiger partial charge in [0.2, 0.25) is 0 Å². The Morgan fingerprint density at radius 3 is 2.15 bits per heavy atom. The normalized spacial score (nSPS) is 12.2. The van der Waals surface area contributed by atoms with Crippen LogP contribution in [0, 0.1) is 0 Å². The Morgan fingerprint density at radius 2 is 1.55 bits per heavy atom. The largest absolute Gasteiger partial charge is 0.370 e. The number of benzene rings is 2. The van der Waals surface area contributed by atoms with Gasteiger partial charge in [0.05, 0.1) is 6.54 Å². The standard InChI is InChI=1S/C17H21N3/c1-17(2,14-9-5-3-6-10-14)13-19-16(18)20-15-11-7-4-8-12-15/h3-12H,13H2,1-2H3,(H3,18,19,20). The molecule has 104 valence electrons. The quantitative estimate of drug-likeness (QED) is 0.659. The van der Waals surface area contributed by atoms with Crippen molar-refractivity contribution in [2.75, 3.05) is 11.9 Å². The van der Waals surface area contributed by atoms with Crippen molar-refractivity contribution in [1.29, 1.82) is 0 Å². The van der Waals surface area contributed by atoms with Crippen molar-refractivity contribution in [2.45, 2.75) is 19.3 Å². The van der Waals surface area contributed by atoms with Gasteiger partial charge < -0.3 is 11.1 Å².